The van der Waals surface area contributed by atoms with Gasteiger partial charge in [-0.1, -0.05) is 42.5 Å². The van der Waals surface area contributed by atoms with Gasteiger partial charge in [0, 0.05) is 32.7 Å². The van der Waals surface area contributed by atoms with Crippen molar-refractivity contribution in [2.24, 2.45) is 0 Å². The SMILES string of the molecule is CCOC(=O)Nc1ccc(N2CCN(C/C=C/c3ccccc3)CC2)nc1. The Bertz CT molecular complexity index is 739. The monoisotopic (exact) mass is 366 g/mol. The molecule has 1 aliphatic heterocycles. The fraction of sp³-hybridized carbons (Fsp3) is 0.333. The van der Waals surface area contributed by atoms with Crippen LogP contribution in [-0.2, 0) is 4.74 Å². The molecule has 6 heteroatoms. The number of rotatable bonds is 6. The minimum atomic E-state index is -0.454. The van der Waals surface area contributed by atoms with E-state index in [0.29, 0.717) is 12.3 Å². The first kappa shape index (κ1) is 18.9. The average molecular weight is 366 g/mol. The molecule has 1 aromatic carbocycles. The van der Waals surface area contributed by atoms with Crippen LogP contribution in [0.2, 0.25) is 0 Å². The van der Waals surface area contributed by atoms with Crippen LogP contribution < -0.4 is 10.2 Å². The Hall–Kier alpha value is -2.86. The van der Waals surface area contributed by atoms with Crippen molar-refractivity contribution >= 4 is 23.7 Å². The van der Waals surface area contributed by atoms with Gasteiger partial charge in [0.25, 0.3) is 0 Å². The van der Waals surface area contributed by atoms with Gasteiger partial charge >= 0.3 is 6.09 Å². The van der Waals surface area contributed by atoms with Gasteiger partial charge in [-0.05, 0) is 24.6 Å². The maximum absolute atomic E-state index is 11.4. The summed E-state index contributed by atoms with van der Waals surface area (Å²) in [7, 11) is 0. The summed E-state index contributed by atoms with van der Waals surface area (Å²) >= 11 is 0. The van der Waals surface area contributed by atoms with Crippen LogP contribution in [0.5, 0.6) is 0 Å². The second-order valence-corrected chi connectivity index (χ2v) is 6.35. The Balaban J connectivity index is 1.44. The van der Waals surface area contributed by atoms with E-state index in [4.69, 9.17) is 4.74 Å². The van der Waals surface area contributed by atoms with Crippen molar-refractivity contribution in [1.29, 1.82) is 0 Å². The molecule has 0 aliphatic carbocycles. The number of pyridine rings is 1. The van der Waals surface area contributed by atoms with Crippen LogP contribution >= 0.6 is 0 Å². The van der Waals surface area contributed by atoms with Crippen molar-refractivity contribution < 1.29 is 9.53 Å². The highest BCUT2D eigenvalue weighted by atomic mass is 16.5. The highest BCUT2D eigenvalue weighted by molar-refractivity contribution is 5.84. The van der Waals surface area contributed by atoms with E-state index in [0.717, 1.165) is 38.5 Å². The number of nitrogens with zero attached hydrogens (tertiary/aromatic N) is 3. The molecule has 0 bridgehead atoms. The largest absolute Gasteiger partial charge is 0.450 e. The highest BCUT2D eigenvalue weighted by Crippen LogP contribution is 2.16. The summed E-state index contributed by atoms with van der Waals surface area (Å²) < 4.78 is 4.87. The number of ether oxygens (including phenoxy) is 1. The molecule has 0 atom stereocenters. The molecule has 1 saturated heterocycles. The van der Waals surface area contributed by atoms with Crippen molar-refractivity contribution in [3.05, 3.63) is 60.3 Å². The van der Waals surface area contributed by atoms with Gasteiger partial charge in [-0.3, -0.25) is 10.2 Å². The molecule has 142 valence electrons. The van der Waals surface area contributed by atoms with Gasteiger partial charge in [0.15, 0.2) is 0 Å². The summed E-state index contributed by atoms with van der Waals surface area (Å²) in [6.45, 7) is 6.97. The molecular weight excluding hydrogens is 340 g/mol. The first-order chi connectivity index (χ1) is 13.2. The lowest BCUT2D eigenvalue weighted by Gasteiger charge is -2.34. The lowest BCUT2D eigenvalue weighted by Crippen LogP contribution is -2.46. The number of aromatic nitrogens is 1. The van der Waals surface area contributed by atoms with Crippen LogP contribution in [0.4, 0.5) is 16.3 Å². The number of piperazine rings is 1. The molecule has 6 nitrogen and oxygen atoms in total. The topological polar surface area (TPSA) is 57.7 Å². The highest BCUT2D eigenvalue weighted by Gasteiger charge is 2.17. The van der Waals surface area contributed by atoms with Crippen LogP contribution in [-0.4, -0.2) is 55.3 Å². The minimum absolute atomic E-state index is 0.349. The summed E-state index contributed by atoms with van der Waals surface area (Å²) in [4.78, 5) is 20.6. The standard InChI is InChI=1S/C21H26N4O2/c1-2-27-21(26)23-19-10-11-20(22-17-19)25-15-13-24(14-16-25)12-6-9-18-7-4-3-5-8-18/h3-11,17H,2,12-16H2,1H3,(H,23,26)/b9-6+. The number of anilines is 2. The predicted octanol–water partition coefficient (Wildman–Crippen LogP) is 3.49. The zero-order valence-electron chi connectivity index (χ0n) is 15.7. The van der Waals surface area contributed by atoms with E-state index < -0.39 is 6.09 Å². The number of hydrogen-bond donors (Lipinski definition) is 1. The van der Waals surface area contributed by atoms with E-state index in [-0.39, 0.29) is 0 Å². The summed E-state index contributed by atoms with van der Waals surface area (Å²) in [5.41, 5.74) is 1.87. The zero-order chi connectivity index (χ0) is 18.9. The van der Waals surface area contributed by atoms with Gasteiger partial charge in [-0.25, -0.2) is 9.78 Å². The molecule has 3 rings (SSSR count). The van der Waals surface area contributed by atoms with Crippen LogP contribution in [0.15, 0.2) is 54.7 Å². The van der Waals surface area contributed by atoms with E-state index in [2.05, 4.69) is 56.5 Å². The fourth-order valence-electron chi connectivity index (χ4n) is 2.99. The van der Waals surface area contributed by atoms with E-state index in [1.54, 1.807) is 13.1 Å². The summed E-state index contributed by atoms with van der Waals surface area (Å²) in [5.74, 6) is 0.934. The first-order valence-electron chi connectivity index (χ1n) is 9.33. The average Bonchev–Trinajstić information content (AvgIpc) is 2.70. The molecule has 1 aromatic heterocycles. The second-order valence-electron chi connectivity index (χ2n) is 6.35. The molecule has 1 amide bonds. The molecule has 2 aromatic rings. The Morgan fingerprint density at radius 1 is 1.15 bits per heavy atom. The first-order valence-corrected chi connectivity index (χ1v) is 9.33. The molecule has 0 saturated carbocycles. The molecule has 1 fully saturated rings. The van der Waals surface area contributed by atoms with E-state index >= 15 is 0 Å². The Morgan fingerprint density at radius 2 is 1.93 bits per heavy atom. The molecule has 0 radical (unpaired) electrons. The number of carbonyl (C=O) groups is 1. The quantitative estimate of drug-likeness (QED) is 0.848. The van der Waals surface area contributed by atoms with Crippen LogP contribution in [0.25, 0.3) is 6.08 Å². The number of nitrogens with one attached hydrogen (secondary N) is 1. The molecule has 1 N–H and O–H groups in total. The van der Waals surface area contributed by atoms with Crippen molar-refractivity contribution in [1.82, 2.24) is 9.88 Å². The maximum Gasteiger partial charge on any atom is 0.411 e. The summed E-state index contributed by atoms with van der Waals surface area (Å²) in [6.07, 6.45) is 5.60. The number of benzene rings is 1. The smallest absolute Gasteiger partial charge is 0.411 e. The number of amides is 1. The third kappa shape index (κ3) is 5.82. The van der Waals surface area contributed by atoms with Crippen molar-refractivity contribution in [3.63, 3.8) is 0 Å². The molecule has 27 heavy (non-hydrogen) atoms. The van der Waals surface area contributed by atoms with Gasteiger partial charge < -0.3 is 9.64 Å². The predicted molar refractivity (Wildman–Crippen MR) is 109 cm³/mol. The Labute approximate surface area is 160 Å². The number of hydrogen-bond acceptors (Lipinski definition) is 5. The third-order valence-corrected chi connectivity index (χ3v) is 4.44. The lowest BCUT2D eigenvalue weighted by atomic mass is 10.2. The molecule has 0 unspecified atom stereocenters. The van der Waals surface area contributed by atoms with Crippen LogP contribution in [0.1, 0.15) is 12.5 Å². The third-order valence-electron chi connectivity index (χ3n) is 4.44. The van der Waals surface area contributed by atoms with Gasteiger partial charge in [-0.15, -0.1) is 0 Å². The molecule has 2 heterocycles. The Kier molecular flexibility index (Phi) is 6.82. The molecular formula is C21H26N4O2. The number of carbonyl (C=O) groups excluding carboxylic acids is 1. The van der Waals surface area contributed by atoms with Gasteiger partial charge in [0.1, 0.15) is 5.82 Å². The summed E-state index contributed by atoms with van der Waals surface area (Å²) in [6, 6.07) is 14.2. The fourth-order valence-corrected chi connectivity index (χ4v) is 2.99. The van der Waals surface area contributed by atoms with Gasteiger partial charge in [0.05, 0.1) is 18.5 Å². The van der Waals surface area contributed by atoms with Crippen molar-refractivity contribution in [2.45, 2.75) is 6.92 Å². The molecule has 0 spiro atoms. The lowest BCUT2D eigenvalue weighted by molar-refractivity contribution is 0.168. The second kappa shape index (κ2) is 9.73. The maximum atomic E-state index is 11.4. The normalized spacial score (nSPS) is 15.1. The van der Waals surface area contributed by atoms with Crippen molar-refractivity contribution in [3.8, 4) is 0 Å². The minimum Gasteiger partial charge on any atom is -0.450 e. The Morgan fingerprint density at radius 3 is 2.59 bits per heavy atom. The van der Waals surface area contributed by atoms with E-state index in [1.165, 1.54) is 5.56 Å². The van der Waals surface area contributed by atoms with Gasteiger partial charge in [0.2, 0.25) is 0 Å². The van der Waals surface area contributed by atoms with E-state index in [9.17, 15) is 4.79 Å². The van der Waals surface area contributed by atoms with E-state index in [1.807, 2.05) is 18.2 Å². The van der Waals surface area contributed by atoms with Crippen LogP contribution in [0, 0.1) is 0 Å². The zero-order valence-corrected chi connectivity index (χ0v) is 15.7. The summed E-state index contributed by atoms with van der Waals surface area (Å²) in [5, 5.41) is 2.66. The van der Waals surface area contributed by atoms with Crippen molar-refractivity contribution in [2.75, 3.05) is 49.5 Å². The van der Waals surface area contributed by atoms with Crippen LogP contribution in [0.3, 0.4) is 0 Å². The molecule has 1 aliphatic rings. The van der Waals surface area contributed by atoms with Gasteiger partial charge in [-0.2, -0.15) is 0 Å².